The lowest BCUT2D eigenvalue weighted by molar-refractivity contribution is -0.155. The molecule has 0 saturated heterocycles. The molecule has 0 bridgehead atoms. The zero-order valence-electron chi connectivity index (χ0n) is 37.4. The van der Waals surface area contributed by atoms with Crippen LogP contribution in [0.2, 0.25) is 0 Å². The number of rotatable bonds is 7. The first-order chi connectivity index (χ1) is 31.2. The number of ketones is 4. The fraction of sp³-hybridized carbons (Fsp3) is 0.404. The van der Waals surface area contributed by atoms with E-state index in [0.717, 1.165) is 9.13 Å². The molecule has 6 aliphatic rings. The van der Waals surface area contributed by atoms with Crippen molar-refractivity contribution in [3.05, 3.63) is 95.5 Å². The smallest absolute Gasteiger partial charge is 0.255 e. The van der Waals surface area contributed by atoms with Crippen molar-refractivity contribution in [1.82, 2.24) is 14.7 Å². The van der Waals surface area contributed by atoms with Gasteiger partial charge in [0.05, 0.1) is 23.2 Å². The summed E-state index contributed by atoms with van der Waals surface area (Å²) in [6.45, 7) is 0.667. The van der Waals surface area contributed by atoms with Crippen LogP contribution < -0.4 is 11.5 Å². The van der Waals surface area contributed by atoms with E-state index in [-0.39, 0.29) is 53.0 Å². The summed E-state index contributed by atoms with van der Waals surface area (Å²) in [6, 6.07) is 4.03. The second kappa shape index (κ2) is 17.3. The minimum atomic E-state index is -2.64. The van der Waals surface area contributed by atoms with E-state index in [1.165, 1.54) is 21.9 Å². The number of aliphatic hydroxyl groups is 6. The molecule has 0 spiro atoms. The summed E-state index contributed by atoms with van der Waals surface area (Å²) in [7, 11) is 10.1. The van der Waals surface area contributed by atoms with E-state index < -0.39 is 116 Å². The molecular formula is C47H52IN5O14. The van der Waals surface area contributed by atoms with E-state index in [0.29, 0.717) is 24.1 Å². The maximum absolute atomic E-state index is 13.8. The largest absolute Gasteiger partial charge is 0.508 e. The molecule has 6 aliphatic carbocycles. The first-order valence-electron chi connectivity index (χ1n) is 21.2. The van der Waals surface area contributed by atoms with Gasteiger partial charge in [0.15, 0.2) is 22.8 Å². The zero-order valence-corrected chi connectivity index (χ0v) is 39.5. The standard InChI is InChI=1S/C26H31N3O7.C21H21IN2O7/c1-28(2)9-5-6-12-7-8-16(30)18-14(12)10-13-11-15-20(29(3)4)22(32)19(25(27)35)24(34)26(15,36)23(33)17(13)21(18)31;1-24(2)15-9-6-7-5-8-10(22)3-4-11(25)13(8)16(26)12(7)18(28)21(9,31)19(29)14(17(15)27)20(23)30/h5-8,13,15,20,30-31,34,36H,9-11H2,1-4H3,(H2,27,35);3-4,7,9,15,25-26,29,31H,5-6H2,1-2H3,(H2,23,30)/b6-5+;/t13-,15-,20-,26-;7-,9-,15-,21-/m00/s1. The molecule has 2 saturated carbocycles. The van der Waals surface area contributed by atoms with Crippen molar-refractivity contribution in [3.63, 3.8) is 0 Å². The average molecular weight is 1040 g/mol. The molecule has 2 amide bonds. The van der Waals surface area contributed by atoms with E-state index in [1.807, 2.05) is 31.1 Å². The number of carbonyl (C=O) groups is 6. The van der Waals surface area contributed by atoms with Crippen LogP contribution in [0.25, 0.3) is 17.6 Å². The Morgan fingerprint density at radius 1 is 0.672 bits per heavy atom. The molecule has 8 atom stereocenters. The van der Waals surface area contributed by atoms with Gasteiger partial charge in [-0.25, -0.2) is 0 Å². The molecule has 0 aliphatic heterocycles. The van der Waals surface area contributed by atoms with Crippen molar-refractivity contribution < 1.29 is 69.6 Å². The summed E-state index contributed by atoms with van der Waals surface area (Å²) >= 11 is 2.07. The number of aromatic hydroxyl groups is 2. The van der Waals surface area contributed by atoms with Crippen LogP contribution in [0.3, 0.4) is 0 Å². The number of aliphatic hydroxyl groups excluding tert-OH is 4. The summed E-state index contributed by atoms with van der Waals surface area (Å²) in [4.78, 5) is 82.3. The SMILES string of the molecule is CN(C)C/C=C/c1ccc(O)c2c1C[C@H]1C[C@H]3[C@H](N(C)C)C(=O)C(C(N)=O)=C(O)[C@@]3(O)C(=O)C1=C2O.CN(C)[C@@H]1C(=O)C(C(N)=O)=C(O)[C@@]2(O)C(=O)C3=C(O)c4c(O)ccc(I)c4C[C@H]3C[C@@H]12. The van der Waals surface area contributed by atoms with Gasteiger partial charge in [-0.1, -0.05) is 18.2 Å². The van der Waals surface area contributed by atoms with Crippen LogP contribution in [-0.4, -0.2) is 163 Å². The summed E-state index contributed by atoms with van der Waals surface area (Å²) in [5.74, 6) is -13.0. The number of halogens is 1. The van der Waals surface area contributed by atoms with Crippen LogP contribution in [0, 0.1) is 27.2 Å². The van der Waals surface area contributed by atoms with E-state index in [9.17, 15) is 69.6 Å². The highest BCUT2D eigenvalue weighted by molar-refractivity contribution is 14.1. The molecule has 0 radical (unpaired) electrons. The van der Waals surface area contributed by atoms with Gasteiger partial charge in [0, 0.05) is 33.1 Å². The highest BCUT2D eigenvalue weighted by atomic mass is 127. The van der Waals surface area contributed by atoms with Gasteiger partial charge in [-0.15, -0.1) is 0 Å². The number of benzene rings is 2. The number of amides is 2. The number of carbonyl (C=O) groups excluding carboxylic acids is 6. The molecule has 8 rings (SSSR count). The Morgan fingerprint density at radius 3 is 1.48 bits per heavy atom. The Balaban J connectivity index is 0.000000201. The van der Waals surface area contributed by atoms with Crippen LogP contribution in [0.1, 0.15) is 40.7 Å². The Morgan fingerprint density at radius 2 is 1.07 bits per heavy atom. The van der Waals surface area contributed by atoms with Gasteiger partial charge in [-0.2, -0.15) is 0 Å². The molecule has 2 fully saturated rings. The van der Waals surface area contributed by atoms with Crippen molar-refractivity contribution in [3.8, 4) is 11.5 Å². The number of nitrogens with two attached hydrogens (primary N) is 2. The minimum Gasteiger partial charge on any atom is -0.508 e. The summed E-state index contributed by atoms with van der Waals surface area (Å²) in [5, 5.41) is 87.7. The number of Topliss-reactive ketones (excluding diaryl/α,β-unsaturated/α-hetero) is 4. The molecule has 12 N–H and O–H groups in total. The predicted molar refractivity (Wildman–Crippen MR) is 249 cm³/mol. The summed E-state index contributed by atoms with van der Waals surface area (Å²) in [6.07, 6.45) is 4.49. The third kappa shape index (κ3) is 7.35. The van der Waals surface area contributed by atoms with Crippen LogP contribution in [-0.2, 0) is 41.6 Å². The van der Waals surface area contributed by atoms with E-state index in [2.05, 4.69) is 22.6 Å². The fourth-order valence-corrected chi connectivity index (χ4v) is 11.7. The van der Waals surface area contributed by atoms with Crippen molar-refractivity contribution in [1.29, 1.82) is 0 Å². The number of nitrogens with zero attached hydrogens (tertiary/aromatic N) is 3. The summed E-state index contributed by atoms with van der Waals surface area (Å²) < 4.78 is 0.784. The Kier molecular flexibility index (Phi) is 12.7. The number of phenols is 2. The Bertz CT molecular complexity index is 2750. The highest BCUT2D eigenvalue weighted by Gasteiger charge is 2.66. The monoisotopic (exact) mass is 1040 g/mol. The van der Waals surface area contributed by atoms with Crippen molar-refractivity contribution >= 4 is 75.1 Å². The van der Waals surface area contributed by atoms with Gasteiger partial charge >= 0.3 is 0 Å². The first kappa shape index (κ1) is 49.0. The molecular weight excluding hydrogens is 985 g/mol. The third-order valence-electron chi connectivity index (χ3n) is 14.0. The average Bonchev–Trinajstić information content (AvgIpc) is 3.22. The van der Waals surface area contributed by atoms with Gasteiger partial charge in [0.1, 0.15) is 45.7 Å². The number of primary amides is 2. The molecule has 19 nitrogen and oxygen atoms in total. The van der Waals surface area contributed by atoms with Crippen LogP contribution in [0.15, 0.2) is 64.2 Å². The molecule has 0 heterocycles. The molecule has 0 unspecified atom stereocenters. The minimum absolute atomic E-state index is 0.0578. The van der Waals surface area contributed by atoms with Gasteiger partial charge in [-0.3, -0.25) is 38.6 Å². The van der Waals surface area contributed by atoms with Gasteiger partial charge in [0.2, 0.25) is 11.6 Å². The molecule has 67 heavy (non-hydrogen) atoms. The molecule has 0 aromatic heterocycles. The van der Waals surface area contributed by atoms with Crippen molar-refractivity contribution in [2.24, 2.45) is 35.1 Å². The maximum atomic E-state index is 13.8. The maximum Gasteiger partial charge on any atom is 0.255 e. The molecule has 356 valence electrons. The topological polar surface area (TPSA) is 326 Å². The van der Waals surface area contributed by atoms with Gasteiger partial charge < -0.3 is 57.2 Å². The first-order valence-corrected chi connectivity index (χ1v) is 22.3. The lowest BCUT2D eigenvalue weighted by Crippen LogP contribution is -2.65. The zero-order chi connectivity index (χ0) is 49.7. The summed E-state index contributed by atoms with van der Waals surface area (Å²) in [5.41, 5.74) is 5.64. The van der Waals surface area contributed by atoms with Gasteiger partial charge in [-0.05, 0) is 137 Å². The van der Waals surface area contributed by atoms with E-state index in [1.54, 1.807) is 40.3 Å². The Hall–Kier alpha value is -5.91. The number of hydrogen-bond donors (Lipinski definition) is 10. The number of likely N-dealkylation sites (N-methyl/N-ethyl adjacent to an activating group) is 3. The third-order valence-corrected chi connectivity index (χ3v) is 15.0. The molecule has 2 aromatic carbocycles. The normalized spacial score (nSPS) is 29.1. The van der Waals surface area contributed by atoms with Crippen LogP contribution in [0.4, 0.5) is 0 Å². The lowest BCUT2D eigenvalue weighted by Gasteiger charge is -2.50. The number of hydrogen-bond acceptors (Lipinski definition) is 17. The number of fused-ring (bicyclic) bond motifs is 6. The van der Waals surface area contributed by atoms with Crippen LogP contribution in [0.5, 0.6) is 11.5 Å². The predicted octanol–water partition coefficient (Wildman–Crippen LogP) is 1.11. The van der Waals surface area contributed by atoms with E-state index in [4.69, 9.17) is 11.5 Å². The van der Waals surface area contributed by atoms with Gasteiger partial charge in [0.25, 0.3) is 11.8 Å². The van der Waals surface area contributed by atoms with Crippen molar-refractivity contribution in [2.75, 3.05) is 48.8 Å². The molecule has 20 heteroatoms. The highest BCUT2D eigenvalue weighted by Crippen LogP contribution is 2.55. The van der Waals surface area contributed by atoms with Crippen LogP contribution >= 0.6 is 22.6 Å². The number of phenolic OH excluding ortho intramolecular Hbond substituents is 2. The lowest BCUT2D eigenvalue weighted by atomic mass is 9.57. The van der Waals surface area contributed by atoms with Crippen molar-refractivity contribution in [2.45, 2.75) is 49.0 Å². The second-order valence-corrected chi connectivity index (χ2v) is 19.7. The quantitative estimate of drug-likeness (QED) is 0.137. The Labute approximate surface area is 397 Å². The second-order valence-electron chi connectivity index (χ2n) is 18.5. The van der Waals surface area contributed by atoms with E-state index >= 15 is 0 Å². The molecule has 2 aromatic rings. The fourth-order valence-electron chi connectivity index (χ4n) is 11.0.